The number of methoxy groups -OCH3 is 2. The molecule has 0 atom stereocenters. The zero-order valence-electron chi connectivity index (χ0n) is 14.0. The van der Waals surface area contributed by atoms with Crippen molar-refractivity contribution in [2.45, 2.75) is 0 Å². The molecule has 6 nitrogen and oxygen atoms in total. The summed E-state index contributed by atoms with van der Waals surface area (Å²) in [6.07, 6.45) is 7.60. The Morgan fingerprint density at radius 2 is 1.72 bits per heavy atom. The summed E-state index contributed by atoms with van der Waals surface area (Å²) in [6, 6.07) is 9.83. The van der Waals surface area contributed by atoms with E-state index in [0.717, 1.165) is 39.9 Å². The highest BCUT2D eigenvalue weighted by Crippen LogP contribution is 2.31. The Kier molecular flexibility index (Phi) is 3.78. The molecule has 0 unspecified atom stereocenters. The summed E-state index contributed by atoms with van der Waals surface area (Å²) in [5, 5.41) is 0. The predicted octanol–water partition coefficient (Wildman–Crippen LogP) is 3.72. The van der Waals surface area contributed by atoms with Crippen LogP contribution in [0, 0.1) is 0 Å². The molecule has 3 aromatic heterocycles. The highest BCUT2D eigenvalue weighted by atomic mass is 16.5. The van der Waals surface area contributed by atoms with Crippen LogP contribution in [0.5, 0.6) is 5.75 Å². The number of nitrogens with one attached hydrogen (secondary N) is 3. The minimum Gasteiger partial charge on any atom is -0.494 e. The summed E-state index contributed by atoms with van der Waals surface area (Å²) in [6.45, 7) is 0. The number of hydrogen-bond donors (Lipinski definition) is 3. The number of aliphatic imine (C=N–C) groups is 1. The van der Waals surface area contributed by atoms with Crippen molar-refractivity contribution in [3.63, 3.8) is 0 Å². The van der Waals surface area contributed by atoms with Crippen molar-refractivity contribution in [3.8, 4) is 17.1 Å². The number of rotatable bonds is 5. The first-order valence-corrected chi connectivity index (χ1v) is 7.89. The van der Waals surface area contributed by atoms with Crippen molar-refractivity contribution < 1.29 is 9.47 Å². The second-order valence-corrected chi connectivity index (χ2v) is 5.57. The van der Waals surface area contributed by atoms with Crippen molar-refractivity contribution >= 4 is 11.8 Å². The maximum Gasteiger partial charge on any atom is 0.146 e. The molecule has 3 N–H and O–H groups in total. The third-order valence-electron chi connectivity index (χ3n) is 4.05. The maximum absolute atomic E-state index is 5.50. The second kappa shape index (κ2) is 6.24. The van der Waals surface area contributed by atoms with Gasteiger partial charge in [-0.2, -0.15) is 0 Å². The summed E-state index contributed by atoms with van der Waals surface area (Å²) in [4.78, 5) is 14.4. The molecule has 4 rings (SSSR count). The fourth-order valence-electron chi connectivity index (χ4n) is 2.82. The number of aromatic nitrogens is 3. The van der Waals surface area contributed by atoms with E-state index >= 15 is 0 Å². The fraction of sp³-hybridized carbons (Fsp3) is 0.105. The Bertz CT molecular complexity index is 957. The van der Waals surface area contributed by atoms with Crippen molar-refractivity contribution in [2.24, 2.45) is 4.99 Å². The summed E-state index contributed by atoms with van der Waals surface area (Å²) in [5.74, 6) is 1.46. The van der Waals surface area contributed by atoms with Gasteiger partial charge in [-0.3, -0.25) is 0 Å². The third-order valence-corrected chi connectivity index (χ3v) is 4.05. The largest absolute Gasteiger partial charge is 0.494 e. The molecule has 0 fully saturated rings. The average molecular weight is 334 g/mol. The van der Waals surface area contributed by atoms with E-state index in [9.17, 15) is 0 Å². The molecule has 0 amide bonds. The molecule has 0 bridgehead atoms. The number of aromatic amines is 3. The molecule has 1 aliphatic rings. The molecule has 25 heavy (non-hydrogen) atoms. The van der Waals surface area contributed by atoms with E-state index in [4.69, 9.17) is 9.47 Å². The summed E-state index contributed by atoms with van der Waals surface area (Å²) in [7, 11) is 3.29. The Hall–Kier alpha value is -3.41. The summed E-state index contributed by atoms with van der Waals surface area (Å²) < 4.78 is 11.0. The van der Waals surface area contributed by atoms with Crippen LogP contribution in [0.25, 0.3) is 17.5 Å². The van der Waals surface area contributed by atoms with Gasteiger partial charge in [0.05, 0.1) is 42.7 Å². The zero-order chi connectivity index (χ0) is 17.2. The number of nitrogens with zero attached hydrogens (tertiary/aromatic N) is 1. The first-order chi connectivity index (χ1) is 12.3. The highest BCUT2D eigenvalue weighted by molar-refractivity contribution is 6.11. The molecule has 0 saturated heterocycles. The average Bonchev–Trinajstić information content (AvgIpc) is 3.40. The molecule has 3 aromatic rings. The Morgan fingerprint density at radius 3 is 2.36 bits per heavy atom. The van der Waals surface area contributed by atoms with Crippen molar-refractivity contribution in [1.82, 2.24) is 15.0 Å². The smallest absolute Gasteiger partial charge is 0.146 e. The lowest BCUT2D eigenvalue weighted by molar-refractivity contribution is 0.303. The van der Waals surface area contributed by atoms with Gasteiger partial charge in [0.2, 0.25) is 0 Å². The molecular formula is C19H18N4O2. The normalized spacial score (nSPS) is 15.4. The first kappa shape index (κ1) is 15.1. The summed E-state index contributed by atoms with van der Waals surface area (Å²) in [5.41, 5.74) is 5.30. The van der Waals surface area contributed by atoms with E-state index in [-0.39, 0.29) is 0 Å². The van der Waals surface area contributed by atoms with Gasteiger partial charge < -0.3 is 24.4 Å². The number of allylic oxidation sites excluding steroid dienone is 1. The monoisotopic (exact) mass is 334 g/mol. The van der Waals surface area contributed by atoms with E-state index in [1.807, 2.05) is 54.9 Å². The minimum absolute atomic E-state index is 0.711. The number of hydrogen-bond acceptors (Lipinski definition) is 3. The van der Waals surface area contributed by atoms with E-state index in [1.165, 1.54) is 0 Å². The lowest BCUT2D eigenvalue weighted by atomic mass is 10.2. The van der Waals surface area contributed by atoms with Crippen LogP contribution in [-0.4, -0.2) is 34.9 Å². The molecule has 0 spiro atoms. The standard InChI is InChI=1S/C19H18N4O2/c1-24-18-10-14(12-5-3-7-20-12)22-16(18)9-17-19(25-2)11-15(23-17)13-6-4-8-21-13/h3-11,20-22H,1-2H3/b17-9-. The van der Waals surface area contributed by atoms with E-state index in [1.54, 1.807) is 14.2 Å². The van der Waals surface area contributed by atoms with Crippen LogP contribution in [0.15, 0.2) is 65.3 Å². The van der Waals surface area contributed by atoms with Crippen LogP contribution in [0.3, 0.4) is 0 Å². The minimum atomic E-state index is 0.711. The van der Waals surface area contributed by atoms with Crippen molar-refractivity contribution in [3.05, 3.63) is 71.6 Å². The fourth-order valence-corrected chi connectivity index (χ4v) is 2.82. The van der Waals surface area contributed by atoms with E-state index < -0.39 is 0 Å². The molecule has 1 aliphatic heterocycles. The summed E-state index contributed by atoms with van der Waals surface area (Å²) >= 11 is 0. The third kappa shape index (κ3) is 2.78. The van der Waals surface area contributed by atoms with Gasteiger partial charge in [0.1, 0.15) is 17.2 Å². The number of ether oxygens (including phenoxy) is 2. The molecule has 6 heteroatoms. The first-order valence-electron chi connectivity index (χ1n) is 7.89. The zero-order valence-corrected chi connectivity index (χ0v) is 14.0. The van der Waals surface area contributed by atoms with Gasteiger partial charge in [-0.1, -0.05) is 0 Å². The van der Waals surface area contributed by atoms with Crippen LogP contribution in [0.2, 0.25) is 0 Å². The Labute approximate surface area is 144 Å². The predicted molar refractivity (Wildman–Crippen MR) is 97.5 cm³/mol. The molecule has 0 aromatic carbocycles. The van der Waals surface area contributed by atoms with Gasteiger partial charge in [0.15, 0.2) is 0 Å². The van der Waals surface area contributed by atoms with Crippen LogP contribution in [-0.2, 0) is 4.74 Å². The van der Waals surface area contributed by atoms with E-state index in [0.29, 0.717) is 5.76 Å². The molecule has 126 valence electrons. The molecule has 0 radical (unpaired) electrons. The Balaban J connectivity index is 1.74. The molecule has 0 aliphatic carbocycles. The van der Waals surface area contributed by atoms with Gasteiger partial charge >= 0.3 is 0 Å². The lowest BCUT2D eigenvalue weighted by Gasteiger charge is -2.02. The van der Waals surface area contributed by atoms with Crippen molar-refractivity contribution in [2.75, 3.05) is 14.2 Å². The lowest BCUT2D eigenvalue weighted by Crippen LogP contribution is -1.93. The van der Waals surface area contributed by atoms with Gasteiger partial charge in [-0.15, -0.1) is 0 Å². The molecule has 0 saturated carbocycles. The van der Waals surface area contributed by atoms with Gasteiger partial charge in [-0.05, 0) is 30.3 Å². The van der Waals surface area contributed by atoms with Crippen LogP contribution >= 0.6 is 0 Å². The highest BCUT2D eigenvalue weighted by Gasteiger charge is 2.18. The maximum atomic E-state index is 5.50. The van der Waals surface area contributed by atoms with Gasteiger partial charge in [-0.25, -0.2) is 4.99 Å². The van der Waals surface area contributed by atoms with Gasteiger partial charge in [0.25, 0.3) is 0 Å². The van der Waals surface area contributed by atoms with Crippen LogP contribution < -0.4 is 4.74 Å². The van der Waals surface area contributed by atoms with Crippen LogP contribution in [0.1, 0.15) is 11.4 Å². The van der Waals surface area contributed by atoms with E-state index in [2.05, 4.69) is 19.9 Å². The van der Waals surface area contributed by atoms with Crippen molar-refractivity contribution in [1.29, 1.82) is 0 Å². The quantitative estimate of drug-likeness (QED) is 0.665. The van der Waals surface area contributed by atoms with Crippen LogP contribution in [0.4, 0.5) is 0 Å². The molecule has 4 heterocycles. The second-order valence-electron chi connectivity index (χ2n) is 5.57. The topological polar surface area (TPSA) is 78.2 Å². The Morgan fingerprint density at radius 1 is 0.960 bits per heavy atom. The molecular weight excluding hydrogens is 316 g/mol. The SMILES string of the molecule is COC1=CC(c2ccc[nH]2)=N/C1=C\c1[nH]c(-c2ccc[nH]2)cc1OC. The van der Waals surface area contributed by atoms with Gasteiger partial charge in [0, 0.05) is 24.5 Å². The number of H-pyrrole nitrogens is 3.